The molecule has 1 atom stereocenters. The van der Waals surface area contributed by atoms with E-state index in [1.807, 2.05) is 38.1 Å². The smallest absolute Gasteiger partial charge is 0.242 e. The maximum absolute atomic E-state index is 13.4. The summed E-state index contributed by atoms with van der Waals surface area (Å²) in [5.41, 5.74) is 3.38. The number of carbonyl (C=O) groups excluding carboxylic acids is 2. The van der Waals surface area contributed by atoms with Crippen molar-refractivity contribution < 1.29 is 18.0 Å². The van der Waals surface area contributed by atoms with E-state index in [9.17, 15) is 18.0 Å². The van der Waals surface area contributed by atoms with Crippen LogP contribution in [0.2, 0.25) is 5.02 Å². The summed E-state index contributed by atoms with van der Waals surface area (Å²) in [5, 5.41) is 3.69. The van der Waals surface area contributed by atoms with Crippen LogP contribution in [0.4, 0.5) is 5.69 Å². The zero-order chi connectivity index (χ0) is 27.2. The first-order valence-corrected chi connectivity index (χ1v) is 15.1. The van der Waals surface area contributed by atoms with Crippen LogP contribution in [-0.4, -0.2) is 50.0 Å². The molecule has 2 aromatic carbocycles. The first kappa shape index (κ1) is 29.0. The molecule has 0 bridgehead atoms. The number of benzene rings is 2. The fraction of sp³-hybridized carbons (Fsp3) is 0.500. The van der Waals surface area contributed by atoms with Gasteiger partial charge in [0.15, 0.2) is 0 Å². The molecular formula is C28H38ClN3O4S. The second-order valence-corrected chi connectivity index (χ2v) is 12.3. The van der Waals surface area contributed by atoms with Gasteiger partial charge in [-0.25, -0.2) is 8.42 Å². The summed E-state index contributed by atoms with van der Waals surface area (Å²) < 4.78 is 26.6. The highest BCUT2D eigenvalue weighted by Gasteiger charge is 2.29. The Kier molecular flexibility index (Phi) is 10.0. The van der Waals surface area contributed by atoms with E-state index in [0.717, 1.165) is 42.4 Å². The molecule has 202 valence electrons. The molecule has 0 unspecified atom stereocenters. The highest BCUT2D eigenvalue weighted by Crippen LogP contribution is 2.26. The number of nitrogens with zero attached hydrogens (tertiary/aromatic N) is 2. The van der Waals surface area contributed by atoms with Crippen LogP contribution >= 0.6 is 11.6 Å². The predicted octanol–water partition coefficient (Wildman–Crippen LogP) is 4.98. The Hall–Kier alpha value is -2.58. The van der Waals surface area contributed by atoms with Crippen molar-refractivity contribution in [2.24, 2.45) is 0 Å². The van der Waals surface area contributed by atoms with E-state index < -0.39 is 16.1 Å². The number of aryl methyl sites for hydroxylation is 1. The van der Waals surface area contributed by atoms with Crippen LogP contribution in [0.15, 0.2) is 42.5 Å². The largest absolute Gasteiger partial charge is 0.352 e. The van der Waals surface area contributed by atoms with Crippen LogP contribution in [0.5, 0.6) is 0 Å². The van der Waals surface area contributed by atoms with Crippen LogP contribution in [0.3, 0.4) is 0 Å². The molecule has 37 heavy (non-hydrogen) atoms. The minimum Gasteiger partial charge on any atom is -0.352 e. The summed E-state index contributed by atoms with van der Waals surface area (Å²) in [6.07, 6.45) is 5.75. The fourth-order valence-electron chi connectivity index (χ4n) is 4.75. The Balaban J connectivity index is 1.73. The van der Waals surface area contributed by atoms with Crippen molar-refractivity contribution in [1.29, 1.82) is 0 Å². The average molecular weight is 548 g/mol. The van der Waals surface area contributed by atoms with Crippen molar-refractivity contribution in [3.63, 3.8) is 0 Å². The molecule has 0 saturated heterocycles. The second kappa shape index (κ2) is 12.8. The van der Waals surface area contributed by atoms with Gasteiger partial charge in [0.05, 0.1) is 11.9 Å². The van der Waals surface area contributed by atoms with Crippen molar-refractivity contribution >= 4 is 39.1 Å². The summed E-state index contributed by atoms with van der Waals surface area (Å²) in [5.74, 6) is -0.360. The van der Waals surface area contributed by atoms with Gasteiger partial charge in [-0.1, -0.05) is 48.7 Å². The third-order valence-electron chi connectivity index (χ3n) is 7.13. The molecule has 1 aliphatic rings. The number of halogens is 1. The molecule has 1 N–H and O–H groups in total. The maximum Gasteiger partial charge on any atom is 0.242 e. The number of hydrogen-bond donors (Lipinski definition) is 1. The molecule has 0 aromatic heterocycles. The predicted molar refractivity (Wildman–Crippen MR) is 149 cm³/mol. The highest BCUT2D eigenvalue weighted by molar-refractivity contribution is 7.92. The van der Waals surface area contributed by atoms with Gasteiger partial charge in [-0.05, 0) is 74.9 Å². The SMILES string of the molecule is Cc1cccc(N(CCCC(=O)N(Cc2ccc(Cl)cc2)[C@H](C)C(=O)NC2CCCC2)S(C)(=O)=O)c1C. The van der Waals surface area contributed by atoms with E-state index >= 15 is 0 Å². The molecule has 0 radical (unpaired) electrons. The Morgan fingerprint density at radius 1 is 1.08 bits per heavy atom. The highest BCUT2D eigenvalue weighted by atomic mass is 35.5. The van der Waals surface area contributed by atoms with Crippen molar-refractivity contribution in [2.75, 3.05) is 17.1 Å². The number of amides is 2. The van der Waals surface area contributed by atoms with Gasteiger partial charge in [0, 0.05) is 30.6 Å². The third-order valence-corrected chi connectivity index (χ3v) is 8.56. The first-order chi connectivity index (χ1) is 17.5. The van der Waals surface area contributed by atoms with Crippen molar-refractivity contribution in [3.8, 4) is 0 Å². The van der Waals surface area contributed by atoms with Crippen LogP contribution < -0.4 is 9.62 Å². The quantitative estimate of drug-likeness (QED) is 0.430. The average Bonchev–Trinajstić information content (AvgIpc) is 3.35. The molecule has 7 nitrogen and oxygen atoms in total. The zero-order valence-electron chi connectivity index (χ0n) is 22.2. The third kappa shape index (κ3) is 7.95. The monoisotopic (exact) mass is 547 g/mol. The number of anilines is 1. The van der Waals surface area contributed by atoms with E-state index in [0.29, 0.717) is 17.1 Å². The van der Waals surface area contributed by atoms with Crippen LogP contribution in [-0.2, 0) is 26.2 Å². The summed E-state index contributed by atoms with van der Waals surface area (Å²) in [6, 6.07) is 12.3. The zero-order valence-corrected chi connectivity index (χ0v) is 23.7. The molecule has 0 aliphatic heterocycles. The lowest BCUT2D eigenvalue weighted by Gasteiger charge is -2.30. The van der Waals surface area contributed by atoms with Crippen molar-refractivity contribution in [1.82, 2.24) is 10.2 Å². The molecule has 1 saturated carbocycles. The van der Waals surface area contributed by atoms with Gasteiger partial charge >= 0.3 is 0 Å². The van der Waals surface area contributed by atoms with Crippen LogP contribution in [0.1, 0.15) is 62.1 Å². The lowest BCUT2D eigenvalue weighted by atomic mass is 10.1. The van der Waals surface area contributed by atoms with Crippen molar-refractivity contribution in [2.45, 2.75) is 77.9 Å². The van der Waals surface area contributed by atoms with E-state index in [-0.39, 0.29) is 37.4 Å². The molecule has 1 fully saturated rings. The molecule has 0 heterocycles. The topological polar surface area (TPSA) is 86.8 Å². The lowest BCUT2D eigenvalue weighted by Crippen LogP contribution is -2.49. The summed E-state index contributed by atoms with van der Waals surface area (Å²) in [4.78, 5) is 28.1. The summed E-state index contributed by atoms with van der Waals surface area (Å²) >= 11 is 6.03. The van der Waals surface area contributed by atoms with Crippen LogP contribution in [0, 0.1) is 13.8 Å². The van der Waals surface area contributed by atoms with E-state index in [4.69, 9.17) is 11.6 Å². The number of hydrogen-bond acceptors (Lipinski definition) is 4. The Morgan fingerprint density at radius 3 is 2.35 bits per heavy atom. The van der Waals surface area contributed by atoms with Gasteiger partial charge in [-0.15, -0.1) is 0 Å². The molecule has 9 heteroatoms. The number of nitrogens with one attached hydrogen (secondary N) is 1. The molecule has 1 aliphatic carbocycles. The first-order valence-electron chi connectivity index (χ1n) is 12.9. The standard InChI is InChI=1S/C28H38ClN3O4S/c1-20-9-7-12-26(21(20)2)32(37(4,35)36)18-8-13-27(33)31(19-23-14-16-24(29)17-15-23)22(3)28(34)30-25-10-5-6-11-25/h7,9,12,14-17,22,25H,5-6,8,10-11,13,18-19H2,1-4H3,(H,30,34)/t22-/m1/s1. The van der Waals surface area contributed by atoms with Gasteiger partial charge in [-0.3, -0.25) is 13.9 Å². The van der Waals surface area contributed by atoms with Gasteiger partial charge < -0.3 is 10.2 Å². The minimum atomic E-state index is -3.54. The molecule has 2 aromatic rings. The molecule has 0 spiro atoms. The van der Waals surface area contributed by atoms with Crippen LogP contribution in [0.25, 0.3) is 0 Å². The summed E-state index contributed by atoms with van der Waals surface area (Å²) in [7, 11) is -3.54. The van der Waals surface area contributed by atoms with E-state index in [1.54, 1.807) is 30.0 Å². The Bertz CT molecular complexity index is 1190. The van der Waals surface area contributed by atoms with E-state index in [2.05, 4.69) is 5.32 Å². The second-order valence-electron chi connectivity index (χ2n) is 9.97. The van der Waals surface area contributed by atoms with Crippen molar-refractivity contribution in [3.05, 3.63) is 64.2 Å². The fourth-order valence-corrected chi connectivity index (χ4v) is 5.89. The van der Waals surface area contributed by atoms with E-state index in [1.165, 1.54) is 10.6 Å². The lowest BCUT2D eigenvalue weighted by molar-refractivity contribution is -0.141. The number of carbonyl (C=O) groups is 2. The normalized spacial score (nSPS) is 14.8. The maximum atomic E-state index is 13.4. The van der Waals surface area contributed by atoms with Gasteiger partial charge in [0.25, 0.3) is 0 Å². The van der Waals surface area contributed by atoms with Gasteiger partial charge in [0.1, 0.15) is 6.04 Å². The molecule has 3 rings (SSSR count). The minimum absolute atomic E-state index is 0.117. The van der Waals surface area contributed by atoms with Gasteiger partial charge in [0.2, 0.25) is 21.8 Å². The molecule has 2 amide bonds. The number of sulfonamides is 1. The molecular weight excluding hydrogens is 510 g/mol. The number of rotatable bonds is 11. The Morgan fingerprint density at radius 2 is 1.73 bits per heavy atom. The van der Waals surface area contributed by atoms with Gasteiger partial charge in [-0.2, -0.15) is 0 Å². The Labute approximate surface area is 226 Å². The summed E-state index contributed by atoms with van der Waals surface area (Å²) in [6.45, 7) is 6.02.